The Morgan fingerprint density at radius 3 is 2.96 bits per heavy atom. The van der Waals surface area contributed by atoms with E-state index < -0.39 is 6.04 Å². The molecule has 3 aromatic rings. The third-order valence-electron chi connectivity index (χ3n) is 4.08. The number of H-pyrrole nitrogens is 1. The Bertz CT molecular complexity index is 1050. The molecule has 1 aliphatic heterocycles. The first-order chi connectivity index (χ1) is 12.5. The third kappa shape index (κ3) is 3.11. The van der Waals surface area contributed by atoms with Crippen LogP contribution in [0.25, 0.3) is 10.9 Å². The number of fused-ring (bicyclic) bond motifs is 1. The van der Waals surface area contributed by atoms with E-state index in [2.05, 4.69) is 42.1 Å². The second-order valence-electron chi connectivity index (χ2n) is 5.86. The fourth-order valence-corrected chi connectivity index (χ4v) is 4.41. The van der Waals surface area contributed by atoms with Crippen molar-refractivity contribution in [3.05, 3.63) is 56.5 Å². The lowest BCUT2D eigenvalue weighted by Gasteiger charge is -2.27. The lowest BCUT2D eigenvalue weighted by Crippen LogP contribution is -2.45. The molecule has 1 unspecified atom stereocenters. The number of hydrogen-bond donors (Lipinski definition) is 4. The Morgan fingerprint density at radius 1 is 1.35 bits per heavy atom. The number of nitrogens with one attached hydrogen (secondary N) is 4. The molecule has 0 saturated heterocycles. The van der Waals surface area contributed by atoms with Crippen LogP contribution >= 0.6 is 27.3 Å². The molecule has 0 bridgehead atoms. The summed E-state index contributed by atoms with van der Waals surface area (Å²) in [5.74, 6) is -0.271. The number of hydrogen-bond acceptors (Lipinski definition) is 4. The van der Waals surface area contributed by atoms with Crippen LogP contribution in [0, 0.1) is 0 Å². The highest BCUT2D eigenvalue weighted by molar-refractivity contribution is 9.10. The van der Waals surface area contributed by atoms with Gasteiger partial charge in [-0.1, -0.05) is 0 Å². The molecule has 1 aliphatic rings. The molecule has 4 rings (SSSR count). The molecule has 0 fully saturated rings. The number of nitrogens with zero attached hydrogens (tertiary/aromatic N) is 1. The van der Waals surface area contributed by atoms with Gasteiger partial charge in [0.15, 0.2) is 0 Å². The molecule has 26 heavy (non-hydrogen) atoms. The minimum absolute atomic E-state index is 0.271. The molecule has 0 radical (unpaired) electrons. The van der Waals surface area contributed by atoms with Crippen molar-refractivity contribution in [1.82, 2.24) is 20.8 Å². The van der Waals surface area contributed by atoms with Gasteiger partial charge in [-0.25, -0.2) is 4.79 Å². The molecule has 0 saturated carbocycles. The van der Waals surface area contributed by atoms with Crippen molar-refractivity contribution >= 4 is 55.8 Å². The van der Waals surface area contributed by atoms with Gasteiger partial charge in [0.25, 0.3) is 5.91 Å². The number of amides is 3. The Balaban J connectivity index is 1.66. The van der Waals surface area contributed by atoms with Crippen molar-refractivity contribution in [2.24, 2.45) is 0 Å². The summed E-state index contributed by atoms with van der Waals surface area (Å²) in [6, 6.07) is 6.58. The van der Waals surface area contributed by atoms with Crippen molar-refractivity contribution in [3.63, 3.8) is 0 Å². The average Bonchev–Trinajstić information content (AvgIpc) is 3.22. The third-order valence-corrected chi connectivity index (χ3v) is 5.84. The zero-order valence-corrected chi connectivity index (χ0v) is 16.0. The second kappa shape index (κ2) is 6.58. The van der Waals surface area contributed by atoms with Crippen molar-refractivity contribution in [2.75, 3.05) is 5.32 Å². The number of carbonyl (C=O) groups excluding carboxylic acids is 2. The molecule has 132 valence electrons. The monoisotopic (exact) mass is 431 g/mol. The van der Waals surface area contributed by atoms with Crippen LogP contribution in [0.3, 0.4) is 0 Å². The van der Waals surface area contributed by atoms with Crippen LogP contribution in [0.4, 0.5) is 10.5 Å². The minimum atomic E-state index is -0.502. The van der Waals surface area contributed by atoms with Gasteiger partial charge in [0, 0.05) is 31.5 Å². The maximum Gasteiger partial charge on any atom is 0.319 e. The summed E-state index contributed by atoms with van der Waals surface area (Å²) in [7, 11) is 0. The zero-order chi connectivity index (χ0) is 18.3. The van der Waals surface area contributed by atoms with Gasteiger partial charge in [-0.2, -0.15) is 5.10 Å². The van der Waals surface area contributed by atoms with Crippen molar-refractivity contribution in [2.45, 2.75) is 13.0 Å². The Labute approximate surface area is 161 Å². The Morgan fingerprint density at radius 2 is 2.19 bits per heavy atom. The van der Waals surface area contributed by atoms with E-state index in [9.17, 15) is 9.59 Å². The number of benzene rings is 1. The van der Waals surface area contributed by atoms with Gasteiger partial charge < -0.3 is 16.0 Å². The number of allylic oxidation sites excluding steroid dienone is 1. The predicted molar refractivity (Wildman–Crippen MR) is 104 cm³/mol. The van der Waals surface area contributed by atoms with E-state index in [-0.39, 0.29) is 11.9 Å². The number of aromatic nitrogens is 2. The Kier molecular flexibility index (Phi) is 4.25. The van der Waals surface area contributed by atoms with Crippen LogP contribution in [0.5, 0.6) is 0 Å². The number of aromatic amines is 1. The van der Waals surface area contributed by atoms with Crippen LogP contribution in [0.15, 0.2) is 51.6 Å². The molecule has 3 heterocycles. The van der Waals surface area contributed by atoms with E-state index in [4.69, 9.17) is 0 Å². The standard InChI is InChI=1S/C17H14BrN5O2S/c1-8-14(15(22-17(25)20-8)13-5-10(18)7-26-13)16(24)21-11-2-3-12-9(4-11)6-19-23-12/h2-7,15H,1H3,(H,19,23)(H,21,24)(H2,20,22,25). The zero-order valence-electron chi connectivity index (χ0n) is 13.6. The van der Waals surface area contributed by atoms with Crippen molar-refractivity contribution in [1.29, 1.82) is 0 Å². The fraction of sp³-hybridized carbons (Fsp3) is 0.118. The molecule has 0 spiro atoms. The molecule has 4 N–H and O–H groups in total. The smallest absolute Gasteiger partial charge is 0.319 e. The van der Waals surface area contributed by atoms with E-state index in [0.717, 1.165) is 20.3 Å². The molecular formula is C17H14BrN5O2S. The van der Waals surface area contributed by atoms with Crippen LogP contribution in [-0.2, 0) is 4.79 Å². The second-order valence-corrected chi connectivity index (χ2v) is 7.72. The van der Waals surface area contributed by atoms with Gasteiger partial charge in [-0.3, -0.25) is 9.89 Å². The highest BCUT2D eigenvalue weighted by Crippen LogP contribution is 2.33. The van der Waals surface area contributed by atoms with Gasteiger partial charge >= 0.3 is 6.03 Å². The topological polar surface area (TPSA) is 98.9 Å². The molecule has 3 amide bonds. The molecule has 7 nitrogen and oxygen atoms in total. The van der Waals surface area contributed by atoms with Gasteiger partial charge in [0.05, 0.1) is 23.3 Å². The molecule has 1 atom stereocenters. The van der Waals surface area contributed by atoms with Gasteiger partial charge in [-0.05, 0) is 47.1 Å². The number of anilines is 1. The van der Waals surface area contributed by atoms with Gasteiger partial charge in [0.2, 0.25) is 0 Å². The molecule has 9 heteroatoms. The highest BCUT2D eigenvalue weighted by atomic mass is 79.9. The average molecular weight is 432 g/mol. The maximum absolute atomic E-state index is 13.0. The lowest BCUT2D eigenvalue weighted by molar-refractivity contribution is -0.113. The summed E-state index contributed by atoms with van der Waals surface area (Å²) in [6.07, 6.45) is 1.70. The van der Waals surface area contributed by atoms with E-state index in [0.29, 0.717) is 17.0 Å². The summed E-state index contributed by atoms with van der Waals surface area (Å²) < 4.78 is 0.910. The molecule has 1 aromatic carbocycles. The SMILES string of the molecule is CC1=C(C(=O)Nc2ccc3[nH]ncc3c2)C(c2cc(Br)cs2)NC(=O)N1. The van der Waals surface area contributed by atoms with E-state index in [1.54, 1.807) is 19.2 Å². The van der Waals surface area contributed by atoms with E-state index in [1.165, 1.54) is 11.3 Å². The van der Waals surface area contributed by atoms with Crippen LogP contribution in [-0.4, -0.2) is 22.1 Å². The number of halogens is 1. The van der Waals surface area contributed by atoms with Crippen LogP contribution in [0.2, 0.25) is 0 Å². The molecule has 0 aliphatic carbocycles. The Hall–Kier alpha value is -2.65. The normalized spacial score (nSPS) is 17.2. The first-order valence-corrected chi connectivity index (χ1v) is 9.45. The summed E-state index contributed by atoms with van der Waals surface area (Å²) in [6.45, 7) is 1.72. The molecular weight excluding hydrogens is 418 g/mol. The van der Waals surface area contributed by atoms with Crippen LogP contribution in [0.1, 0.15) is 17.8 Å². The molecule has 2 aromatic heterocycles. The van der Waals surface area contributed by atoms with Crippen molar-refractivity contribution < 1.29 is 9.59 Å². The number of carbonyl (C=O) groups is 2. The maximum atomic E-state index is 13.0. The predicted octanol–water partition coefficient (Wildman–Crippen LogP) is 3.65. The minimum Gasteiger partial charge on any atom is -0.326 e. The summed E-state index contributed by atoms with van der Waals surface area (Å²) in [5, 5.41) is 18.1. The lowest BCUT2D eigenvalue weighted by atomic mass is 10.0. The summed E-state index contributed by atoms with van der Waals surface area (Å²) >= 11 is 4.89. The summed E-state index contributed by atoms with van der Waals surface area (Å²) in [5.41, 5.74) is 2.56. The fourth-order valence-electron chi connectivity index (χ4n) is 2.91. The highest BCUT2D eigenvalue weighted by Gasteiger charge is 2.32. The number of thiophene rings is 1. The van der Waals surface area contributed by atoms with Gasteiger partial charge in [0.1, 0.15) is 0 Å². The first kappa shape index (κ1) is 16.8. The van der Waals surface area contributed by atoms with E-state index >= 15 is 0 Å². The number of urea groups is 1. The summed E-state index contributed by atoms with van der Waals surface area (Å²) in [4.78, 5) is 25.7. The van der Waals surface area contributed by atoms with E-state index in [1.807, 2.05) is 23.6 Å². The number of rotatable bonds is 3. The van der Waals surface area contributed by atoms with Crippen LogP contribution < -0.4 is 16.0 Å². The van der Waals surface area contributed by atoms with Gasteiger partial charge in [-0.15, -0.1) is 11.3 Å². The van der Waals surface area contributed by atoms with Crippen molar-refractivity contribution in [3.8, 4) is 0 Å². The largest absolute Gasteiger partial charge is 0.326 e. The first-order valence-electron chi connectivity index (χ1n) is 7.78. The quantitative estimate of drug-likeness (QED) is 0.509.